The Hall–Kier alpha value is -3.09. The van der Waals surface area contributed by atoms with Gasteiger partial charge in [0.25, 0.3) is 0 Å². The molecule has 0 spiro atoms. The molecule has 0 aliphatic heterocycles. The largest absolute Gasteiger partial charge is 0.490 e. The second-order valence-corrected chi connectivity index (χ2v) is 8.33. The summed E-state index contributed by atoms with van der Waals surface area (Å²) in [6.45, 7) is 9.53. The highest BCUT2D eigenvalue weighted by Gasteiger charge is 2.31. The zero-order chi connectivity index (χ0) is 25.0. The Morgan fingerprint density at radius 3 is 2.15 bits per heavy atom. The lowest BCUT2D eigenvalue weighted by Gasteiger charge is -2.20. The van der Waals surface area contributed by atoms with E-state index in [0.717, 1.165) is 41.3 Å². The third kappa shape index (κ3) is 5.69. The summed E-state index contributed by atoms with van der Waals surface area (Å²) >= 11 is 0. The molecule has 0 unspecified atom stereocenters. The van der Waals surface area contributed by atoms with Crippen LogP contribution in [0.3, 0.4) is 0 Å². The fourth-order valence-electron chi connectivity index (χ4n) is 3.84. The number of nitrogens with zero attached hydrogens (tertiary/aromatic N) is 1. The Labute approximate surface area is 197 Å². The first-order chi connectivity index (χ1) is 16.0. The molecule has 0 radical (unpaired) electrons. The van der Waals surface area contributed by atoms with E-state index >= 15 is 0 Å². The van der Waals surface area contributed by atoms with Gasteiger partial charge >= 0.3 is 6.18 Å². The molecule has 182 valence electrons. The number of hydrogen-bond acceptors (Lipinski definition) is 3. The molecular weight excluding hydrogens is 446 g/mol. The summed E-state index contributed by atoms with van der Waals surface area (Å²) < 4.78 is 64.9. The second kappa shape index (κ2) is 10.5. The second-order valence-electron chi connectivity index (χ2n) is 8.33. The number of aromatic nitrogens is 1. The van der Waals surface area contributed by atoms with Gasteiger partial charge in [-0.15, -0.1) is 0 Å². The van der Waals surface area contributed by atoms with Gasteiger partial charge in [-0.2, -0.15) is 13.2 Å². The van der Waals surface area contributed by atoms with Crippen molar-refractivity contribution in [1.82, 2.24) is 4.98 Å². The predicted molar refractivity (Wildman–Crippen MR) is 125 cm³/mol. The number of alkyl halides is 3. The Morgan fingerprint density at radius 2 is 1.59 bits per heavy atom. The standard InChI is InChI=1S/C27H29F4NO2/c1-6-18-9-8-10-19(7-2)26(18)23-14-24(34-16(3)4)21(17(5)32-23)15-33-25-13-20(27(29,30)31)11-12-22(25)28/h8-14,16H,6-7,15H2,1-5H3. The van der Waals surface area contributed by atoms with Gasteiger partial charge in [0.15, 0.2) is 11.6 Å². The first-order valence-electron chi connectivity index (χ1n) is 11.3. The smallest absolute Gasteiger partial charge is 0.416 e. The van der Waals surface area contributed by atoms with Crippen LogP contribution in [-0.2, 0) is 25.6 Å². The average Bonchev–Trinajstić information content (AvgIpc) is 2.77. The van der Waals surface area contributed by atoms with Crippen molar-refractivity contribution in [3.8, 4) is 22.8 Å². The van der Waals surface area contributed by atoms with Gasteiger partial charge in [-0.05, 0) is 62.9 Å². The molecule has 0 fully saturated rings. The molecule has 1 aromatic heterocycles. The zero-order valence-corrected chi connectivity index (χ0v) is 20.0. The van der Waals surface area contributed by atoms with Gasteiger partial charge in [-0.1, -0.05) is 32.0 Å². The summed E-state index contributed by atoms with van der Waals surface area (Å²) in [5.41, 5.74) is 4.33. The van der Waals surface area contributed by atoms with Crippen molar-refractivity contribution in [2.24, 2.45) is 0 Å². The normalized spacial score (nSPS) is 11.7. The number of hydrogen-bond donors (Lipinski definition) is 0. The number of aryl methyl sites for hydroxylation is 3. The topological polar surface area (TPSA) is 31.4 Å². The van der Waals surface area contributed by atoms with Crippen molar-refractivity contribution < 1.29 is 27.0 Å². The number of pyridine rings is 1. The van der Waals surface area contributed by atoms with E-state index in [-0.39, 0.29) is 12.7 Å². The van der Waals surface area contributed by atoms with Crippen LogP contribution >= 0.6 is 0 Å². The molecule has 1 heterocycles. The quantitative estimate of drug-likeness (QED) is 0.313. The van der Waals surface area contributed by atoms with Crippen molar-refractivity contribution in [2.75, 3.05) is 0 Å². The summed E-state index contributed by atoms with van der Waals surface area (Å²) in [5.74, 6) is -0.831. The van der Waals surface area contributed by atoms with Crippen LogP contribution in [0.4, 0.5) is 17.6 Å². The van der Waals surface area contributed by atoms with E-state index < -0.39 is 23.3 Å². The minimum Gasteiger partial charge on any atom is -0.490 e. The highest BCUT2D eigenvalue weighted by Crippen LogP contribution is 2.35. The maximum atomic E-state index is 14.2. The third-order valence-corrected chi connectivity index (χ3v) is 5.54. The van der Waals surface area contributed by atoms with Gasteiger partial charge in [-0.3, -0.25) is 4.98 Å². The van der Waals surface area contributed by atoms with Crippen molar-refractivity contribution in [3.63, 3.8) is 0 Å². The molecule has 3 nitrogen and oxygen atoms in total. The minimum atomic E-state index is -4.60. The lowest BCUT2D eigenvalue weighted by Crippen LogP contribution is -2.12. The van der Waals surface area contributed by atoms with E-state index in [1.54, 1.807) is 6.92 Å². The monoisotopic (exact) mass is 475 g/mol. The van der Waals surface area contributed by atoms with Gasteiger partial charge in [0, 0.05) is 17.3 Å². The maximum Gasteiger partial charge on any atom is 0.416 e. The lowest BCUT2D eigenvalue weighted by molar-refractivity contribution is -0.137. The minimum absolute atomic E-state index is 0.161. The fraction of sp³-hybridized carbons (Fsp3) is 0.370. The first-order valence-corrected chi connectivity index (χ1v) is 11.3. The Balaban J connectivity index is 2.04. The van der Waals surface area contributed by atoms with Gasteiger partial charge < -0.3 is 9.47 Å². The molecule has 2 aromatic carbocycles. The van der Waals surface area contributed by atoms with Crippen molar-refractivity contribution >= 4 is 0 Å². The van der Waals surface area contributed by atoms with E-state index in [2.05, 4.69) is 26.0 Å². The van der Waals surface area contributed by atoms with Crippen molar-refractivity contribution in [3.05, 3.63) is 76.2 Å². The molecule has 34 heavy (non-hydrogen) atoms. The molecule has 0 aliphatic carbocycles. The molecular formula is C27H29F4NO2. The molecule has 0 bridgehead atoms. The third-order valence-electron chi connectivity index (χ3n) is 5.54. The van der Waals surface area contributed by atoms with E-state index in [0.29, 0.717) is 29.1 Å². The van der Waals surface area contributed by atoms with Gasteiger partial charge in [0.2, 0.25) is 0 Å². The van der Waals surface area contributed by atoms with Crippen LogP contribution in [0.25, 0.3) is 11.3 Å². The lowest BCUT2D eigenvalue weighted by atomic mass is 9.94. The Kier molecular flexibility index (Phi) is 7.85. The Bertz CT molecular complexity index is 1130. The molecule has 3 aromatic rings. The van der Waals surface area contributed by atoms with Crippen LogP contribution in [0, 0.1) is 12.7 Å². The van der Waals surface area contributed by atoms with Gasteiger partial charge in [0.05, 0.1) is 22.9 Å². The highest BCUT2D eigenvalue weighted by atomic mass is 19.4. The molecule has 0 N–H and O–H groups in total. The van der Waals surface area contributed by atoms with Crippen LogP contribution in [0.5, 0.6) is 11.5 Å². The maximum absolute atomic E-state index is 14.2. The number of halogens is 4. The number of rotatable bonds is 8. The Morgan fingerprint density at radius 1 is 0.941 bits per heavy atom. The molecule has 0 saturated carbocycles. The number of benzene rings is 2. The van der Waals surface area contributed by atoms with Crippen molar-refractivity contribution in [1.29, 1.82) is 0 Å². The predicted octanol–water partition coefficient (Wildman–Crippen LogP) is 7.71. The van der Waals surface area contributed by atoms with Crippen LogP contribution in [0.1, 0.15) is 55.6 Å². The van der Waals surface area contributed by atoms with Crippen LogP contribution in [0.2, 0.25) is 0 Å². The molecule has 0 amide bonds. The van der Waals surface area contributed by atoms with E-state index in [9.17, 15) is 17.6 Å². The molecule has 3 rings (SSSR count). The molecule has 0 aliphatic rings. The summed E-state index contributed by atoms with van der Waals surface area (Å²) in [4.78, 5) is 4.79. The zero-order valence-electron chi connectivity index (χ0n) is 20.0. The summed E-state index contributed by atoms with van der Waals surface area (Å²) in [6, 6.07) is 10.1. The van der Waals surface area contributed by atoms with Gasteiger partial charge in [-0.25, -0.2) is 4.39 Å². The summed E-state index contributed by atoms with van der Waals surface area (Å²) in [6.07, 6.45) is -3.08. The average molecular weight is 476 g/mol. The fourth-order valence-corrected chi connectivity index (χ4v) is 3.84. The van der Waals surface area contributed by atoms with Crippen LogP contribution in [0.15, 0.2) is 42.5 Å². The number of ether oxygens (including phenoxy) is 2. The van der Waals surface area contributed by atoms with Gasteiger partial charge in [0.1, 0.15) is 12.4 Å². The highest BCUT2D eigenvalue weighted by molar-refractivity contribution is 5.70. The molecule has 0 saturated heterocycles. The molecule has 7 heteroatoms. The summed E-state index contributed by atoms with van der Waals surface area (Å²) in [5, 5.41) is 0. The van der Waals surface area contributed by atoms with E-state index in [1.165, 1.54) is 0 Å². The van der Waals surface area contributed by atoms with E-state index in [1.807, 2.05) is 26.0 Å². The first kappa shape index (κ1) is 25.5. The van der Waals surface area contributed by atoms with Crippen LogP contribution < -0.4 is 9.47 Å². The van der Waals surface area contributed by atoms with Crippen LogP contribution in [-0.4, -0.2) is 11.1 Å². The molecule has 0 atom stereocenters. The van der Waals surface area contributed by atoms with E-state index in [4.69, 9.17) is 14.5 Å². The van der Waals surface area contributed by atoms with Crippen molar-refractivity contribution in [2.45, 2.75) is 66.3 Å². The SMILES string of the molecule is CCc1cccc(CC)c1-c1cc(OC(C)C)c(COc2cc(C(F)(F)F)ccc2F)c(C)n1. The summed E-state index contributed by atoms with van der Waals surface area (Å²) in [7, 11) is 0.